The van der Waals surface area contributed by atoms with E-state index in [-0.39, 0.29) is 21.7 Å². The molecule has 6 nitrogen and oxygen atoms in total. The number of nitrogens with zero attached hydrogens (tertiary/aromatic N) is 5. The Morgan fingerprint density at radius 1 is 0.465 bits per heavy atom. The first kappa shape index (κ1) is 47.1. The fraction of sp³-hybridized carbons (Fsp3) is 0.246. The monoisotopic (exact) mass is 932 g/mol. The van der Waals surface area contributed by atoms with Gasteiger partial charge in [0.05, 0.1) is 16.7 Å². The summed E-state index contributed by atoms with van der Waals surface area (Å²) in [6.45, 7) is 27.2. The summed E-state index contributed by atoms with van der Waals surface area (Å²) in [5, 5.41) is 7.95. The molecule has 71 heavy (non-hydrogen) atoms. The van der Waals surface area contributed by atoms with E-state index in [4.69, 9.17) is 14.8 Å². The molecule has 0 aliphatic heterocycles. The minimum atomic E-state index is -0.219. The molecule has 10 rings (SSSR count). The number of fused-ring (bicyclic) bond motifs is 3. The lowest BCUT2D eigenvalue weighted by atomic mass is 9.80. The van der Waals surface area contributed by atoms with Gasteiger partial charge in [0.15, 0.2) is 0 Å². The number of ether oxygens (including phenoxy) is 1. The number of para-hydroxylation sites is 1. The highest BCUT2D eigenvalue weighted by Gasteiger charge is 2.27. The van der Waals surface area contributed by atoms with Crippen molar-refractivity contribution in [2.45, 2.75) is 105 Å². The van der Waals surface area contributed by atoms with Crippen LogP contribution in [0.5, 0.6) is 11.5 Å². The molecule has 0 aliphatic carbocycles. The van der Waals surface area contributed by atoms with Gasteiger partial charge in [-0.25, -0.2) is 4.98 Å². The molecule has 3 aromatic heterocycles. The molecule has 0 radical (unpaired) electrons. The highest BCUT2D eigenvalue weighted by molar-refractivity contribution is 6.09. The van der Waals surface area contributed by atoms with Gasteiger partial charge in [0, 0.05) is 34.3 Å². The van der Waals surface area contributed by atoms with Crippen molar-refractivity contribution in [1.29, 1.82) is 0 Å². The third-order valence-corrected chi connectivity index (χ3v) is 13.7. The molecule has 0 saturated heterocycles. The third kappa shape index (κ3) is 9.32. The molecular weight excluding hydrogens is 867 g/mol. The van der Waals surface area contributed by atoms with E-state index < -0.39 is 0 Å². The third-order valence-electron chi connectivity index (χ3n) is 13.7. The Balaban J connectivity index is 1.19. The number of hydrogen-bond donors (Lipinski definition) is 0. The van der Waals surface area contributed by atoms with Crippen molar-refractivity contribution in [2.24, 2.45) is 0 Å². The second-order valence-electron chi connectivity index (χ2n) is 23.2. The average molecular weight is 932 g/mol. The molecule has 0 unspecified atom stereocenters. The Labute approximate surface area is 420 Å². The van der Waals surface area contributed by atoms with Crippen LogP contribution in [0.2, 0.25) is 0 Å². The summed E-state index contributed by atoms with van der Waals surface area (Å²) >= 11 is 0. The Morgan fingerprint density at radius 2 is 1.03 bits per heavy atom. The topological polar surface area (TPSA) is 48.8 Å². The van der Waals surface area contributed by atoms with E-state index in [1.165, 1.54) is 22.1 Å². The van der Waals surface area contributed by atoms with Gasteiger partial charge in [0.2, 0.25) is 12.2 Å². The fourth-order valence-corrected chi connectivity index (χ4v) is 9.48. The molecule has 0 bridgehead atoms. The fourth-order valence-electron chi connectivity index (χ4n) is 9.48. The van der Waals surface area contributed by atoms with Gasteiger partial charge in [-0.05, 0) is 114 Å². The SMILES string of the molecule is CC(C)(C)c1cc(Oc2ccc3c4ccccc4n(-c4cc(C(C)(C)C)ccn4)c3c2)cc(-n2[c-][n+](-c3cc(C(C)(C)C)cc(C(C)(C)C)c3)c(-c3c(-c4ccccc4)cccc3-c3ccccc3)n2)c1. The van der Waals surface area contributed by atoms with E-state index in [0.29, 0.717) is 5.75 Å². The summed E-state index contributed by atoms with van der Waals surface area (Å²) in [5.41, 5.74) is 13.7. The smallest absolute Gasteiger partial charge is 0.233 e. The van der Waals surface area contributed by atoms with Crippen molar-refractivity contribution in [3.8, 4) is 62.3 Å². The average Bonchev–Trinajstić information content (AvgIpc) is 3.93. The summed E-state index contributed by atoms with van der Waals surface area (Å²) < 4.78 is 13.4. The summed E-state index contributed by atoms with van der Waals surface area (Å²) in [5.74, 6) is 3.09. The standard InChI is InChI=1S/C65H65N5O/c1-62(2,3)45-32-33-66-59(39-45)70-57-29-20-19-26-55(57)56-31-30-51(41-58(56)70)71-52-38-48(65(10,11)12)37-50(40-52)69-42-68(49-35-46(63(4,5)6)34-47(36-49)64(7,8)9)61(67-69)60-53(43-22-15-13-16-23-43)27-21-28-54(60)44-24-17-14-18-25-44/h13-41H,1-12H3. The molecule has 0 amide bonds. The van der Waals surface area contributed by atoms with Crippen molar-refractivity contribution in [3.63, 3.8) is 0 Å². The van der Waals surface area contributed by atoms with Crippen LogP contribution in [0.4, 0.5) is 0 Å². The van der Waals surface area contributed by atoms with Crippen molar-refractivity contribution >= 4 is 21.8 Å². The Morgan fingerprint density at radius 3 is 1.63 bits per heavy atom. The molecular formula is C65H65N5O. The molecule has 356 valence electrons. The van der Waals surface area contributed by atoms with E-state index in [2.05, 4.69) is 268 Å². The molecule has 0 aliphatic rings. The number of aromatic nitrogens is 5. The van der Waals surface area contributed by atoms with Gasteiger partial charge in [-0.1, -0.05) is 204 Å². The van der Waals surface area contributed by atoms with E-state index >= 15 is 0 Å². The predicted molar refractivity (Wildman–Crippen MR) is 294 cm³/mol. The first-order valence-electron chi connectivity index (χ1n) is 24.9. The first-order chi connectivity index (χ1) is 33.7. The van der Waals surface area contributed by atoms with Gasteiger partial charge in [-0.15, -0.1) is 0 Å². The molecule has 0 N–H and O–H groups in total. The quantitative estimate of drug-likeness (QED) is 0.113. The zero-order valence-corrected chi connectivity index (χ0v) is 43.4. The summed E-state index contributed by atoms with van der Waals surface area (Å²) in [6, 6.07) is 60.7. The molecule has 0 fully saturated rings. The molecule has 3 heterocycles. The second-order valence-corrected chi connectivity index (χ2v) is 23.2. The van der Waals surface area contributed by atoms with E-state index in [0.717, 1.165) is 78.6 Å². The lowest BCUT2D eigenvalue weighted by Gasteiger charge is -2.27. The van der Waals surface area contributed by atoms with Crippen LogP contribution in [0.25, 0.3) is 72.6 Å². The zero-order chi connectivity index (χ0) is 50.0. The lowest BCUT2D eigenvalue weighted by Crippen LogP contribution is -2.33. The number of hydrogen-bond acceptors (Lipinski definition) is 3. The molecule has 0 atom stereocenters. The highest BCUT2D eigenvalue weighted by Crippen LogP contribution is 2.41. The van der Waals surface area contributed by atoms with Crippen molar-refractivity contribution in [3.05, 3.63) is 205 Å². The molecule has 0 spiro atoms. The Kier molecular flexibility index (Phi) is 11.7. The maximum atomic E-state index is 7.02. The van der Waals surface area contributed by atoms with Gasteiger partial charge in [-0.3, -0.25) is 4.57 Å². The van der Waals surface area contributed by atoms with Crippen LogP contribution in [-0.2, 0) is 21.7 Å². The van der Waals surface area contributed by atoms with Crippen LogP contribution in [0.15, 0.2) is 176 Å². The first-order valence-corrected chi connectivity index (χ1v) is 24.9. The maximum absolute atomic E-state index is 7.02. The maximum Gasteiger partial charge on any atom is 0.233 e. The van der Waals surface area contributed by atoms with Gasteiger partial charge in [-0.2, -0.15) is 4.68 Å². The largest absolute Gasteiger partial charge is 0.458 e. The molecule has 6 heteroatoms. The van der Waals surface area contributed by atoms with E-state index in [1.54, 1.807) is 0 Å². The van der Waals surface area contributed by atoms with Gasteiger partial charge < -0.3 is 9.30 Å². The minimum Gasteiger partial charge on any atom is -0.458 e. The molecule has 10 aromatic rings. The van der Waals surface area contributed by atoms with Crippen LogP contribution in [0.3, 0.4) is 0 Å². The second kappa shape index (κ2) is 17.7. The van der Waals surface area contributed by atoms with E-state index in [9.17, 15) is 0 Å². The summed E-state index contributed by atoms with van der Waals surface area (Å²) in [6.07, 6.45) is 5.76. The minimum absolute atomic E-state index is 0.0339. The Bertz CT molecular complexity index is 3500. The van der Waals surface area contributed by atoms with Gasteiger partial charge >= 0.3 is 0 Å². The van der Waals surface area contributed by atoms with Crippen LogP contribution in [0, 0.1) is 6.33 Å². The lowest BCUT2D eigenvalue weighted by molar-refractivity contribution is -0.589. The van der Waals surface area contributed by atoms with Crippen LogP contribution in [0.1, 0.15) is 105 Å². The van der Waals surface area contributed by atoms with E-state index in [1.807, 2.05) is 10.9 Å². The number of benzene rings is 7. The molecule has 7 aromatic carbocycles. The van der Waals surface area contributed by atoms with Crippen molar-refractivity contribution in [2.75, 3.05) is 0 Å². The van der Waals surface area contributed by atoms with Crippen LogP contribution >= 0.6 is 0 Å². The van der Waals surface area contributed by atoms with Gasteiger partial charge in [0.25, 0.3) is 0 Å². The zero-order valence-electron chi connectivity index (χ0n) is 43.4. The van der Waals surface area contributed by atoms with Crippen LogP contribution in [-0.4, -0.2) is 19.3 Å². The number of pyridine rings is 1. The van der Waals surface area contributed by atoms with Crippen molar-refractivity contribution in [1.82, 2.24) is 19.3 Å². The normalized spacial score (nSPS) is 12.5. The van der Waals surface area contributed by atoms with Crippen LogP contribution < -0.4 is 9.30 Å². The summed E-state index contributed by atoms with van der Waals surface area (Å²) in [7, 11) is 0. The Hall–Kier alpha value is -7.57. The number of rotatable bonds is 8. The predicted octanol–water partition coefficient (Wildman–Crippen LogP) is 16.4. The summed E-state index contributed by atoms with van der Waals surface area (Å²) in [4.78, 5) is 4.93. The molecule has 0 saturated carbocycles. The van der Waals surface area contributed by atoms with Crippen molar-refractivity contribution < 1.29 is 9.30 Å². The highest BCUT2D eigenvalue weighted by atomic mass is 16.5. The van der Waals surface area contributed by atoms with Gasteiger partial charge in [0.1, 0.15) is 17.3 Å².